The lowest BCUT2D eigenvalue weighted by Gasteiger charge is -2.10. The van der Waals surface area contributed by atoms with Crippen molar-refractivity contribution in [3.05, 3.63) is 23.8 Å². The van der Waals surface area contributed by atoms with Crippen LogP contribution in [-0.4, -0.2) is 22.7 Å². The molecule has 2 N–H and O–H groups in total. The van der Waals surface area contributed by atoms with Gasteiger partial charge in [-0.05, 0) is 12.1 Å². The Morgan fingerprint density at radius 2 is 2.23 bits per heavy atom. The topological polar surface area (TPSA) is 49.7 Å². The molecule has 0 fully saturated rings. The third-order valence-electron chi connectivity index (χ3n) is 1.74. The minimum atomic E-state index is -0.689. The molecule has 4 heteroatoms. The summed E-state index contributed by atoms with van der Waals surface area (Å²) in [6.07, 6.45) is -0.689. The second kappa shape index (κ2) is 4.48. The smallest absolute Gasteiger partial charge is 0.125 e. The monoisotopic (exact) mass is 246 g/mol. The second-order valence-electron chi connectivity index (χ2n) is 2.59. The van der Waals surface area contributed by atoms with Crippen LogP contribution in [-0.2, 0) is 0 Å². The van der Waals surface area contributed by atoms with Crippen LogP contribution < -0.4 is 4.74 Å². The molecule has 0 spiro atoms. The first kappa shape index (κ1) is 10.3. The standard InChI is InChI=1S/C9H11BrO3/c1-13-6-2-3-7(8(11)4-6)9(12)5-10/h2-4,9,11-12H,5H2,1H3. The highest BCUT2D eigenvalue weighted by molar-refractivity contribution is 9.09. The third-order valence-corrected chi connectivity index (χ3v) is 2.36. The summed E-state index contributed by atoms with van der Waals surface area (Å²) in [5, 5.41) is 19.3. The summed E-state index contributed by atoms with van der Waals surface area (Å²) in [6.45, 7) is 0. The Hall–Kier alpha value is -0.740. The average Bonchev–Trinajstić information content (AvgIpc) is 2.16. The molecule has 72 valence electrons. The molecule has 0 aliphatic rings. The van der Waals surface area contributed by atoms with Crippen molar-refractivity contribution in [2.75, 3.05) is 12.4 Å². The van der Waals surface area contributed by atoms with Gasteiger partial charge in [-0.15, -0.1) is 0 Å². The molecule has 0 saturated heterocycles. The van der Waals surface area contributed by atoms with Gasteiger partial charge >= 0.3 is 0 Å². The van der Waals surface area contributed by atoms with E-state index in [2.05, 4.69) is 15.9 Å². The lowest BCUT2D eigenvalue weighted by atomic mass is 10.1. The van der Waals surface area contributed by atoms with E-state index >= 15 is 0 Å². The van der Waals surface area contributed by atoms with Gasteiger partial charge in [-0.3, -0.25) is 0 Å². The Labute approximate surface area is 85.1 Å². The molecule has 1 aromatic carbocycles. The van der Waals surface area contributed by atoms with Gasteiger partial charge in [0.15, 0.2) is 0 Å². The number of hydrogen-bond acceptors (Lipinski definition) is 3. The number of halogens is 1. The zero-order valence-electron chi connectivity index (χ0n) is 7.20. The predicted molar refractivity (Wildman–Crippen MR) is 53.4 cm³/mol. The summed E-state index contributed by atoms with van der Waals surface area (Å²) in [5.74, 6) is 0.620. The summed E-state index contributed by atoms with van der Waals surface area (Å²) in [6, 6.07) is 4.81. The van der Waals surface area contributed by atoms with Crippen molar-refractivity contribution in [1.82, 2.24) is 0 Å². The van der Waals surface area contributed by atoms with Crippen LogP contribution in [0.1, 0.15) is 11.7 Å². The first-order chi connectivity index (χ1) is 6.19. The first-order valence-electron chi connectivity index (χ1n) is 3.80. The van der Waals surface area contributed by atoms with Crippen LogP contribution in [0.2, 0.25) is 0 Å². The molecule has 0 bridgehead atoms. The zero-order valence-corrected chi connectivity index (χ0v) is 8.78. The number of aliphatic hydroxyl groups excluding tert-OH is 1. The average molecular weight is 247 g/mol. The number of alkyl halides is 1. The van der Waals surface area contributed by atoms with E-state index in [0.717, 1.165) is 0 Å². The van der Waals surface area contributed by atoms with Gasteiger partial charge in [-0.25, -0.2) is 0 Å². The third kappa shape index (κ3) is 2.35. The predicted octanol–water partition coefficient (Wildman–Crippen LogP) is 1.83. The van der Waals surface area contributed by atoms with Crippen molar-refractivity contribution in [1.29, 1.82) is 0 Å². The van der Waals surface area contributed by atoms with Crippen molar-refractivity contribution in [2.24, 2.45) is 0 Å². The number of aliphatic hydroxyl groups is 1. The molecule has 13 heavy (non-hydrogen) atoms. The van der Waals surface area contributed by atoms with E-state index in [9.17, 15) is 10.2 Å². The highest BCUT2D eigenvalue weighted by atomic mass is 79.9. The molecule has 0 aliphatic carbocycles. The van der Waals surface area contributed by atoms with E-state index in [1.807, 2.05) is 0 Å². The van der Waals surface area contributed by atoms with Crippen molar-refractivity contribution in [3.63, 3.8) is 0 Å². The number of methoxy groups -OCH3 is 1. The number of phenolic OH excluding ortho intramolecular Hbond substituents is 1. The molecule has 0 amide bonds. The molecule has 0 aromatic heterocycles. The van der Waals surface area contributed by atoms with Crippen LogP contribution in [0.25, 0.3) is 0 Å². The van der Waals surface area contributed by atoms with Crippen molar-refractivity contribution < 1.29 is 14.9 Å². The Balaban J connectivity index is 2.98. The number of ether oxygens (including phenoxy) is 1. The highest BCUT2D eigenvalue weighted by Gasteiger charge is 2.10. The summed E-state index contributed by atoms with van der Waals surface area (Å²) in [7, 11) is 1.52. The lowest BCUT2D eigenvalue weighted by molar-refractivity contribution is 0.201. The van der Waals surface area contributed by atoms with E-state index in [1.54, 1.807) is 12.1 Å². The maximum absolute atomic E-state index is 9.46. The van der Waals surface area contributed by atoms with Crippen molar-refractivity contribution in [3.8, 4) is 11.5 Å². The van der Waals surface area contributed by atoms with E-state index in [0.29, 0.717) is 16.6 Å². The molecule has 0 heterocycles. The van der Waals surface area contributed by atoms with Gasteiger partial charge < -0.3 is 14.9 Å². The van der Waals surface area contributed by atoms with Crippen LogP contribution in [0.5, 0.6) is 11.5 Å². The highest BCUT2D eigenvalue weighted by Crippen LogP contribution is 2.28. The van der Waals surface area contributed by atoms with Gasteiger partial charge in [0.05, 0.1) is 13.2 Å². The lowest BCUT2D eigenvalue weighted by Crippen LogP contribution is -1.98. The number of benzene rings is 1. The van der Waals surface area contributed by atoms with Crippen LogP contribution in [0.3, 0.4) is 0 Å². The molecule has 1 rings (SSSR count). The SMILES string of the molecule is COc1ccc(C(O)CBr)c(O)c1. The Bertz CT molecular complexity index is 288. The van der Waals surface area contributed by atoms with Gasteiger partial charge in [0.2, 0.25) is 0 Å². The number of hydrogen-bond donors (Lipinski definition) is 2. The zero-order chi connectivity index (χ0) is 9.84. The summed E-state index contributed by atoms with van der Waals surface area (Å²) in [4.78, 5) is 0. The number of aromatic hydroxyl groups is 1. The molecular formula is C9H11BrO3. The van der Waals surface area contributed by atoms with Crippen LogP contribution in [0.15, 0.2) is 18.2 Å². The van der Waals surface area contributed by atoms with Gasteiger partial charge in [-0.2, -0.15) is 0 Å². The van der Waals surface area contributed by atoms with Gasteiger partial charge in [0, 0.05) is 17.0 Å². The number of phenols is 1. The fourth-order valence-electron chi connectivity index (χ4n) is 1.02. The first-order valence-corrected chi connectivity index (χ1v) is 4.92. The minimum absolute atomic E-state index is 0.0475. The normalized spacial score (nSPS) is 12.5. The molecule has 0 aliphatic heterocycles. The van der Waals surface area contributed by atoms with Crippen molar-refractivity contribution >= 4 is 15.9 Å². The Morgan fingerprint density at radius 3 is 2.69 bits per heavy atom. The maximum Gasteiger partial charge on any atom is 0.125 e. The second-order valence-corrected chi connectivity index (χ2v) is 3.24. The quantitative estimate of drug-likeness (QED) is 0.801. The van der Waals surface area contributed by atoms with E-state index < -0.39 is 6.10 Å². The molecule has 0 radical (unpaired) electrons. The molecule has 3 nitrogen and oxygen atoms in total. The minimum Gasteiger partial charge on any atom is -0.507 e. The van der Waals surface area contributed by atoms with Gasteiger partial charge in [0.25, 0.3) is 0 Å². The molecule has 1 aromatic rings. The Morgan fingerprint density at radius 1 is 1.54 bits per heavy atom. The van der Waals surface area contributed by atoms with Gasteiger partial charge in [0.1, 0.15) is 11.5 Å². The summed E-state index contributed by atoms with van der Waals surface area (Å²) < 4.78 is 4.91. The molecule has 0 saturated carbocycles. The fourth-order valence-corrected chi connectivity index (χ4v) is 1.36. The Kier molecular flexibility index (Phi) is 3.57. The van der Waals surface area contributed by atoms with Gasteiger partial charge in [-0.1, -0.05) is 15.9 Å². The summed E-state index contributed by atoms with van der Waals surface area (Å²) in [5.41, 5.74) is 0.498. The number of rotatable bonds is 3. The van der Waals surface area contributed by atoms with E-state index in [-0.39, 0.29) is 5.75 Å². The van der Waals surface area contributed by atoms with E-state index in [1.165, 1.54) is 13.2 Å². The molecule has 1 atom stereocenters. The van der Waals surface area contributed by atoms with Crippen molar-refractivity contribution in [2.45, 2.75) is 6.10 Å². The van der Waals surface area contributed by atoms with Crippen LogP contribution in [0, 0.1) is 0 Å². The largest absolute Gasteiger partial charge is 0.507 e. The van der Waals surface area contributed by atoms with E-state index in [4.69, 9.17) is 4.74 Å². The van der Waals surface area contributed by atoms with Crippen LogP contribution >= 0.6 is 15.9 Å². The fraction of sp³-hybridized carbons (Fsp3) is 0.333. The molecule has 1 unspecified atom stereocenters. The summed E-state index contributed by atoms with van der Waals surface area (Å²) >= 11 is 3.13. The van der Waals surface area contributed by atoms with Crippen LogP contribution in [0.4, 0.5) is 0 Å². The molecular weight excluding hydrogens is 236 g/mol. The maximum atomic E-state index is 9.46.